The highest BCUT2D eigenvalue weighted by molar-refractivity contribution is 5.95. The zero-order valence-corrected chi connectivity index (χ0v) is 19.1. The van der Waals surface area contributed by atoms with Crippen LogP contribution in [0.1, 0.15) is 34.6 Å². The highest BCUT2D eigenvalue weighted by Crippen LogP contribution is 2.19. The number of nitrogens with zero attached hydrogens (tertiary/aromatic N) is 2. The van der Waals surface area contributed by atoms with Gasteiger partial charge >= 0.3 is 6.09 Å². The van der Waals surface area contributed by atoms with Crippen molar-refractivity contribution < 1.29 is 23.9 Å². The van der Waals surface area contributed by atoms with E-state index in [2.05, 4.69) is 15.5 Å². The number of amides is 3. The molecule has 2 rings (SSSR count). The van der Waals surface area contributed by atoms with Crippen LogP contribution in [0.2, 0.25) is 0 Å². The Hall–Kier alpha value is -2.81. The van der Waals surface area contributed by atoms with E-state index in [1.807, 2.05) is 24.3 Å². The summed E-state index contributed by atoms with van der Waals surface area (Å²) < 4.78 is 10.5. The predicted octanol–water partition coefficient (Wildman–Crippen LogP) is 2.22. The van der Waals surface area contributed by atoms with Crippen LogP contribution in [0.15, 0.2) is 24.3 Å². The van der Waals surface area contributed by atoms with E-state index in [1.165, 1.54) is 4.90 Å². The second-order valence-corrected chi connectivity index (χ2v) is 8.41. The molecule has 0 radical (unpaired) electrons. The van der Waals surface area contributed by atoms with Crippen molar-refractivity contribution >= 4 is 29.3 Å². The lowest BCUT2D eigenvalue weighted by Gasteiger charge is -2.29. The normalized spacial score (nSPS) is 15.1. The Morgan fingerprint density at radius 3 is 2.32 bits per heavy atom. The van der Waals surface area contributed by atoms with E-state index < -0.39 is 17.7 Å². The fourth-order valence-corrected chi connectivity index (χ4v) is 3.12. The summed E-state index contributed by atoms with van der Waals surface area (Å²) in [4.78, 5) is 40.6. The Morgan fingerprint density at radius 1 is 1.16 bits per heavy atom. The molecule has 0 spiro atoms. The van der Waals surface area contributed by atoms with Crippen molar-refractivity contribution in [2.24, 2.45) is 0 Å². The van der Waals surface area contributed by atoms with E-state index >= 15 is 0 Å². The number of anilines is 2. The predicted molar refractivity (Wildman–Crippen MR) is 119 cm³/mol. The van der Waals surface area contributed by atoms with Crippen molar-refractivity contribution in [3.05, 3.63) is 24.3 Å². The molecule has 1 aromatic carbocycles. The molecule has 0 aliphatic carbocycles. The molecule has 1 saturated heterocycles. The van der Waals surface area contributed by atoms with Crippen LogP contribution in [0, 0.1) is 0 Å². The van der Waals surface area contributed by atoms with Gasteiger partial charge in [-0.3, -0.25) is 9.59 Å². The average Bonchev–Trinajstić information content (AvgIpc) is 2.71. The molecule has 1 aliphatic rings. The summed E-state index contributed by atoms with van der Waals surface area (Å²) in [5, 5.41) is 5.33. The lowest BCUT2D eigenvalue weighted by atomic mass is 10.2. The van der Waals surface area contributed by atoms with Crippen LogP contribution in [0.25, 0.3) is 0 Å². The number of nitrogens with one attached hydrogen (secondary N) is 2. The summed E-state index contributed by atoms with van der Waals surface area (Å²) in [5.41, 5.74) is 1.08. The van der Waals surface area contributed by atoms with Crippen LogP contribution >= 0.6 is 0 Å². The molecule has 9 heteroatoms. The smallest absolute Gasteiger partial charge is 0.408 e. The van der Waals surface area contributed by atoms with Gasteiger partial charge in [-0.05, 0) is 58.9 Å². The molecule has 1 fully saturated rings. The minimum Gasteiger partial charge on any atom is -0.444 e. The highest BCUT2D eigenvalue weighted by Gasteiger charge is 2.25. The summed E-state index contributed by atoms with van der Waals surface area (Å²) >= 11 is 0. The maximum atomic E-state index is 12.6. The lowest BCUT2D eigenvalue weighted by Crippen LogP contribution is -2.49. The Labute approximate surface area is 184 Å². The summed E-state index contributed by atoms with van der Waals surface area (Å²) in [6, 6.07) is 6.78. The molecule has 1 aromatic rings. The van der Waals surface area contributed by atoms with Crippen molar-refractivity contribution in [1.82, 2.24) is 10.2 Å². The molecule has 172 valence electrons. The molecule has 2 N–H and O–H groups in total. The van der Waals surface area contributed by atoms with Crippen molar-refractivity contribution in [1.29, 1.82) is 0 Å². The Morgan fingerprint density at radius 2 is 1.77 bits per heavy atom. The van der Waals surface area contributed by atoms with Gasteiger partial charge < -0.3 is 29.9 Å². The van der Waals surface area contributed by atoms with Crippen molar-refractivity contribution in [3.63, 3.8) is 0 Å². The molecule has 31 heavy (non-hydrogen) atoms. The van der Waals surface area contributed by atoms with E-state index in [0.29, 0.717) is 25.4 Å². The number of carbonyl (C=O) groups is 3. The zero-order chi connectivity index (χ0) is 23.0. The standard InChI is InChI=1S/C22H34N4O5/c1-6-25(20(28)16(2)23-21(29)31-22(3,4)5)15-19(27)24-17-7-9-18(10-8-17)26-11-13-30-14-12-26/h7-10,16H,6,11-15H2,1-5H3,(H,23,29)(H,24,27)/t16-/m1/s1. The van der Waals surface area contributed by atoms with Crippen molar-refractivity contribution in [3.8, 4) is 0 Å². The number of hydrogen-bond acceptors (Lipinski definition) is 6. The van der Waals surface area contributed by atoms with Gasteiger partial charge in [-0.1, -0.05) is 0 Å². The molecule has 0 aromatic heterocycles. The molecule has 0 saturated carbocycles. The number of ether oxygens (including phenoxy) is 2. The first kappa shape index (κ1) is 24.5. The molecule has 1 atom stereocenters. The summed E-state index contributed by atoms with van der Waals surface area (Å²) in [7, 11) is 0. The maximum Gasteiger partial charge on any atom is 0.408 e. The lowest BCUT2D eigenvalue weighted by molar-refractivity contribution is -0.136. The topological polar surface area (TPSA) is 100 Å². The second kappa shape index (κ2) is 11.0. The third-order valence-electron chi connectivity index (χ3n) is 4.66. The number of alkyl carbamates (subject to hydrolysis) is 1. The van der Waals surface area contributed by atoms with Crippen molar-refractivity contribution in [2.45, 2.75) is 46.3 Å². The van der Waals surface area contributed by atoms with Crippen LogP contribution in [0.5, 0.6) is 0 Å². The summed E-state index contributed by atoms with van der Waals surface area (Å²) in [5.74, 6) is -0.662. The van der Waals surface area contributed by atoms with E-state index in [0.717, 1.165) is 18.8 Å². The van der Waals surface area contributed by atoms with Gasteiger partial charge in [0.2, 0.25) is 11.8 Å². The minimum atomic E-state index is -0.810. The van der Waals surface area contributed by atoms with E-state index in [4.69, 9.17) is 9.47 Å². The maximum absolute atomic E-state index is 12.6. The first-order chi connectivity index (χ1) is 14.6. The van der Waals surface area contributed by atoms with E-state index in [9.17, 15) is 14.4 Å². The number of carbonyl (C=O) groups excluding carboxylic acids is 3. The van der Waals surface area contributed by atoms with Crippen LogP contribution < -0.4 is 15.5 Å². The number of hydrogen-bond donors (Lipinski definition) is 2. The molecular formula is C22H34N4O5. The molecule has 9 nitrogen and oxygen atoms in total. The third-order valence-corrected chi connectivity index (χ3v) is 4.66. The van der Waals surface area contributed by atoms with Crippen LogP contribution in [0.3, 0.4) is 0 Å². The molecule has 0 unspecified atom stereocenters. The van der Waals surface area contributed by atoms with Gasteiger partial charge in [0.05, 0.1) is 19.8 Å². The van der Waals surface area contributed by atoms with Gasteiger partial charge in [-0.25, -0.2) is 4.79 Å². The molecule has 1 heterocycles. The Kier molecular flexibility index (Phi) is 8.67. The van der Waals surface area contributed by atoms with Gasteiger partial charge in [0, 0.05) is 31.0 Å². The first-order valence-electron chi connectivity index (χ1n) is 10.6. The monoisotopic (exact) mass is 434 g/mol. The quantitative estimate of drug-likeness (QED) is 0.683. The molecular weight excluding hydrogens is 400 g/mol. The number of benzene rings is 1. The van der Waals surface area contributed by atoms with Gasteiger partial charge in [0.15, 0.2) is 0 Å². The number of morpholine rings is 1. The summed E-state index contributed by atoms with van der Waals surface area (Å²) in [6.45, 7) is 11.9. The fourth-order valence-electron chi connectivity index (χ4n) is 3.12. The Balaban J connectivity index is 1.87. The molecule has 0 bridgehead atoms. The highest BCUT2D eigenvalue weighted by atomic mass is 16.6. The SMILES string of the molecule is CCN(CC(=O)Nc1ccc(N2CCOCC2)cc1)C(=O)[C@@H](C)NC(=O)OC(C)(C)C. The summed E-state index contributed by atoms with van der Waals surface area (Å²) in [6.07, 6.45) is -0.672. The fraction of sp³-hybridized carbons (Fsp3) is 0.591. The number of rotatable bonds is 7. The van der Waals surface area contributed by atoms with Crippen molar-refractivity contribution in [2.75, 3.05) is 49.6 Å². The molecule has 3 amide bonds. The van der Waals surface area contributed by atoms with Gasteiger partial charge in [0.1, 0.15) is 11.6 Å². The average molecular weight is 435 g/mol. The van der Waals surface area contributed by atoms with Gasteiger partial charge in [-0.2, -0.15) is 0 Å². The van der Waals surface area contributed by atoms with E-state index in [1.54, 1.807) is 34.6 Å². The van der Waals surface area contributed by atoms with Crippen LogP contribution in [-0.2, 0) is 19.1 Å². The van der Waals surface area contributed by atoms with Gasteiger partial charge in [0.25, 0.3) is 0 Å². The van der Waals surface area contributed by atoms with Crippen LogP contribution in [0.4, 0.5) is 16.2 Å². The zero-order valence-electron chi connectivity index (χ0n) is 19.1. The van der Waals surface area contributed by atoms with E-state index in [-0.39, 0.29) is 18.4 Å². The van der Waals surface area contributed by atoms with Crippen LogP contribution in [-0.4, -0.2) is 73.8 Å². The third kappa shape index (κ3) is 8.09. The Bertz CT molecular complexity index is 754. The van der Waals surface area contributed by atoms with Gasteiger partial charge in [-0.15, -0.1) is 0 Å². The largest absolute Gasteiger partial charge is 0.444 e. The second-order valence-electron chi connectivity index (χ2n) is 8.41. The molecule has 1 aliphatic heterocycles. The first-order valence-corrected chi connectivity index (χ1v) is 10.6. The number of likely N-dealkylation sites (N-methyl/N-ethyl adjacent to an activating group) is 1. The minimum absolute atomic E-state index is 0.110.